The standard InChI is InChI=1S/C8H10NO4P/c1-6(14(11,12)13)5-7-8(10)3-2-4-9-7/h2-4,10H,1,5H2,(H2,11,12,13). The molecule has 0 radical (unpaired) electrons. The molecule has 76 valence electrons. The number of nitrogens with zero attached hydrogens (tertiary/aromatic N) is 1. The highest BCUT2D eigenvalue weighted by atomic mass is 31.2. The summed E-state index contributed by atoms with van der Waals surface area (Å²) >= 11 is 0. The molecule has 1 aromatic heterocycles. The van der Waals surface area contributed by atoms with Crippen LogP contribution in [0.1, 0.15) is 5.69 Å². The highest BCUT2D eigenvalue weighted by molar-refractivity contribution is 7.56. The third kappa shape index (κ3) is 2.67. The molecule has 0 aliphatic carbocycles. The predicted molar refractivity (Wildman–Crippen MR) is 50.8 cm³/mol. The molecule has 0 spiro atoms. The summed E-state index contributed by atoms with van der Waals surface area (Å²) in [7, 11) is -4.29. The van der Waals surface area contributed by atoms with Gasteiger partial charge in [-0.3, -0.25) is 9.55 Å². The zero-order valence-corrected chi connectivity index (χ0v) is 8.19. The molecule has 1 aromatic rings. The highest BCUT2D eigenvalue weighted by Crippen LogP contribution is 2.45. The van der Waals surface area contributed by atoms with E-state index in [2.05, 4.69) is 11.6 Å². The molecule has 0 aliphatic heterocycles. The average Bonchev–Trinajstić information content (AvgIpc) is 2.07. The maximum absolute atomic E-state index is 10.7. The van der Waals surface area contributed by atoms with E-state index in [9.17, 15) is 9.67 Å². The van der Waals surface area contributed by atoms with E-state index in [1.165, 1.54) is 18.3 Å². The van der Waals surface area contributed by atoms with E-state index in [0.717, 1.165) is 0 Å². The van der Waals surface area contributed by atoms with Crippen molar-refractivity contribution in [3.05, 3.63) is 35.9 Å². The van der Waals surface area contributed by atoms with Crippen molar-refractivity contribution in [1.29, 1.82) is 0 Å². The number of hydrogen-bond donors (Lipinski definition) is 3. The van der Waals surface area contributed by atoms with Crippen molar-refractivity contribution in [3.63, 3.8) is 0 Å². The minimum absolute atomic E-state index is 0.0953. The van der Waals surface area contributed by atoms with Crippen molar-refractivity contribution in [2.45, 2.75) is 6.42 Å². The second-order valence-electron chi connectivity index (χ2n) is 2.76. The molecular formula is C8H10NO4P. The molecule has 0 saturated carbocycles. The van der Waals surface area contributed by atoms with Crippen LogP contribution in [0.5, 0.6) is 5.75 Å². The summed E-state index contributed by atoms with van der Waals surface area (Å²) in [6.45, 7) is 3.25. The molecule has 0 aromatic carbocycles. The fourth-order valence-corrected chi connectivity index (χ4v) is 1.22. The van der Waals surface area contributed by atoms with Gasteiger partial charge < -0.3 is 14.9 Å². The van der Waals surface area contributed by atoms with Gasteiger partial charge in [-0.05, 0) is 12.1 Å². The molecule has 6 heteroatoms. The van der Waals surface area contributed by atoms with Crippen molar-refractivity contribution >= 4 is 7.60 Å². The van der Waals surface area contributed by atoms with E-state index >= 15 is 0 Å². The Bertz CT molecular complexity index is 398. The molecule has 0 amide bonds. The maximum atomic E-state index is 10.7. The van der Waals surface area contributed by atoms with Gasteiger partial charge in [-0.2, -0.15) is 0 Å². The molecule has 3 N–H and O–H groups in total. The fraction of sp³-hybridized carbons (Fsp3) is 0.125. The van der Waals surface area contributed by atoms with Crippen molar-refractivity contribution in [2.75, 3.05) is 0 Å². The first-order valence-corrected chi connectivity index (χ1v) is 5.39. The van der Waals surface area contributed by atoms with Crippen LogP contribution in [0.15, 0.2) is 30.2 Å². The normalized spacial score (nSPS) is 11.3. The number of hydrogen-bond acceptors (Lipinski definition) is 3. The number of allylic oxidation sites excluding steroid dienone is 1. The fourth-order valence-electron chi connectivity index (χ4n) is 0.862. The molecule has 5 nitrogen and oxygen atoms in total. The Balaban J connectivity index is 2.86. The van der Waals surface area contributed by atoms with Crippen LogP contribution in [-0.2, 0) is 11.0 Å². The van der Waals surface area contributed by atoms with Gasteiger partial charge in [-0.1, -0.05) is 6.58 Å². The van der Waals surface area contributed by atoms with Crippen molar-refractivity contribution < 1.29 is 19.5 Å². The predicted octanol–water partition coefficient (Wildman–Crippen LogP) is 1.02. The second kappa shape index (κ2) is 3.92. The molecule has 0 fully saturated rings. The minimum atomic E-state index is -4.29. The Labute approximate surface area is 80.9 Å². The third-order valence-electron chi connectivity index (χ3n) is 1.65. The number of rotatable bonds is 3. The largest absolute Gasteiger partial charge is 0.506 e. The molecule has 14 heavy (non-hydrogen) atoms. The first kappa shape index (κ1) is 10.9. The third-order valence-corrected chi connectivity index (χ3v) is 2.63. The summed E-state index contributed by atoms with van der Waals surface area (Å²) in [5.74, 6) is -0.0953. The SMILES string of the molecule is C=C(Cc1ncccc1O)P(=O)(O)O. The van der Waals surface area contributed by atoms with Crippen LogP contribution < -0.4 is 0 Å². The van der Waals surface area contributed by atoms with Crippen LogP contribution in [0.2, 0.25) is 0 Å². The van der Waals surface area contributed by atoms with Crippen LogP contribution in [-0.4, -0.2) is 19.9 Å². The molecular weight excluding hydrogens is 205 g/mol. The van der Waals surface area contributed by atoms with Gasteiger partial charge in [0.2, 0.25) is 0 Å². The zero-order valence-electron chi connectivity index (χ0n) is 7.29. The first-order chi connectivity index (χ1) is 6.41. The van der Waals surface area contributed by atoms with Crippen molar-refractivity contribution in [1.82, 2.24) is 4.98 Å². The summed E-state index contributed by atoms with van der Waals surface area (Å²) in [5, 5.41) is 9.01. The van der Waals surface area contributed by atoms with Crippen molar-refractivity contribution in [3.8, 4) is 5.75 Å². The zero-order chi connectivity index (χ0) is 10.8. The monoisotopic (exact) mass is 215 g/mol. The number of pyridine rings is 1. The van der Waals surface area contributed by atoms with E-state index in [1.807, 2.05) is 0 Å². The van der Waals surface area contributed by atoms with Gasteiger partial charge in [0.1, 0.15) is 5.75 Å². The molecule has 0 aliphatic rings. The van der Waals surface area contributed by atoms with Crippen LogP contribution in [0, 0.1) is 0 Å². The van der Waals surface area contributed by atoms with Gasteiger partial charge in [0.15, 0.2) is 0 Å². The topological polar surface area (TPSA) is 90.7 Å². The summed E-state index contributed by atoms with van der Waals surface area (Å²) in [5.41, 5.74) is 0.209. The molecule has 0 atom stereocenters. The Kier molecular flexibility index (Phi) is 3.06. The smallest absolute Gasteiger partial charge is 0.352 e. The van der Waals surface area contributed by atoms with E-state index in [0.29, 0.717) is 0 Å². The van der Waals surface area contributed by atoms with Crippen molar-refractivity contribution in [2.24, 2.45) is 0 Å². The quantitative estimate of drug-likeness (QED) is 0.655. The van der Waals surface area contributed by atoms with Gasteiger partial charge >= 0.3 is 7.60 Å². The first-order valence-electron chi connectivity index (χ1n) is 3.78. The molecule has 1 rings (SSSR count). The van der Waals surface area contributed by atoms with Gasteiger partial charge in [0, 0.05) is 17.9 Å². The van der Waals surface area contributed by atoms with E-state index < -0.39 is 7.60 Å². The summed E-state index contributed by atoms with van der Waals surface area (Å²) in [4.78, 5) is 21.3. The lowest BCUT2D eigenvalue weighted by molar-refractivity contribution is 0.381. The lowest BCUT2D eigenvalue weighted by atomic mass is 10.2. The van der Waals surface area contributed by atoms with Crippen LogP contribution >= 0.6 is 7.60 Å². The Hall–Kier alpha value is -1.16. The second-order valence-corrected chi connectivity index (χ2v) is 4.48. The highest BCUT2D eigenvalue weighted by Gasteiger charge is 2.20. The number of aromatic hydroxyl groups is 1. The van der Waals surface area contributed by atoms with E-state index in [4.69, 9.17) is 9.79 Å². The van der Waals surface area contributed by atoms with E-state index in [-0.39, 0.29) is 23.2 Å². The van der Waals surface area contributed by atoms with Crippen LogP contribution in [0.25, 0.3) is 0 Å². The molecule has 0 saturated heterocycles. The summed E-state index contributed by atoms with van der Waals surface area (Å²) in [6.07, 6.45) is 1.30. The Morgan fingerprint density at radius 3 is 2.71 bits per heavy atom. The van der Waals surface area contributed by atoms with Crippen LogP contribution in [0.4, 0.5) is 0 Å². The maximum Gasteiger partial charge on any atom is 0.352 e. The molecule has 1 heterocycles. The summed E-state index contributed by atoms with van der Waals surface area (Å²) in [6, 6.07) is 2.92. The lowest BCUT2D eigenvalue weighted by Crippen LogP contribution is -1.94. The van der Waals surface area contributed by atoms with Crippen LogP contribution in [0.3, 0.4) is 0 Å². The molecule has 0 bridgehead atoms. The average molecular weight is 215 g/mol. The van der Waals surface area contributed by atoms with Gasteiger partial charge in [-0.25, -0.2) is 0 Å². The lowest BCUT2D eigenvalue weighted by Gasteiger charge is -2.07. The minimum Gasteiger partial charge on any atom is -0.506 e. The van der Waals surface area contributed by atoms with Gasteiger partial charge in [0.05, 0.1) is 5.69 Å². The number of aromatic nitrogens is 1. The van der Waals surface area contributed by atoms with Gasteiger partial charge in [-0.15, -0.1) is 0 Å². The Morgan fingerprint density at radius 2 is 2.21 bits per heavy atom. The van der Waals surface area contributed by atoms with Gasteiger partial charge in [0.25, 0.3) is 0 Å². The summed E-state index contributed by atoms with van der Waals surface area (Å²) < 4.78 is 10.7. The molecule has 0 unspecified atom stereocenters. The van der Waals surface area contributed by atoms with E-state index in [1.54, 1.807) is 0 Å². The Morgan fingerprint density at radius 1 is 1.57 bits per heavy atom.